The lowest BCUT2D eigenvalue weighted by Crippen LogP contribution is -2.14. The smallest absolute Gasteiger partial charge is 0.274 e. The van der Waals surface area contributed by atoms with Crippen molar-refractivity contribution in [3.8, 4) is 0 Å². The highest BCUT2D eigenvalue weighted by Crippen LogP contribution is 2.19. The summed E-state index contributed by atoms with van der Waals surface area (Å²) in [6.45, 7) is 1.98. The maximum atomic E-state index is 12.3. The zero-order chi connectivity index (χ0) is 14.8. The average molecular weight is 297 g/mol. The van der Waals surface area contributed by atoms with E-state index in [0.29, 0.717) is 16.4 Å². The van der Waals surface area contributed by atoms with Gasteiger partial charge in [0.15, 0.2) is 0 Å². The molecule has 0 aliphatic rings. The van der Waals surface area contributed by atoms with Crippen LogP contribution in [0.5, 0.6) is 0 Å². The van der Waals surface area contributed by atoms with Crippen molar-refractivity contribution in [1.29, 1.82) is 0 Å². The lowest BCUT2D eigenvalue weighted by Gasteiger charge is -2.07. The van der Waals surface area contributed by atoms with Crippen LogP contribution in [0.25, 0.3) is 10.9 Å². The molecule has 1 amide bonds. The number of hydrogen-bond acceptors (Lipinski definition) is 2. The van der Waals surface area contributed by atoms with E-state index in [4.69, 9.17) is 11.6 Å². The summed E-state index contributed by atoms with van der Waals surface area (Å²) in [7, 11) is 0. The van der Waals surface area contributed by atoms with Crippen LogP contribution in [0.2, 0.25) is 5.02 Å². The van der Waals surface area contributed by atoms with Crippen molar-refractivity contribution in [3.63, 3.8) is 0 Å². The van der Waals surface area contributed by atoms with E-state index in [9.17, 15) is 4.79 Å². The summed E-state index contributed by atoms with van der Waals surface area (Å²) in [5.41, 5.74) is 2.94. The van der Waals surface area contributed by atoms with Gasteiger partial charge in [-0.1, -0.05) is 29.8 Å². The molecule has 0 saturated carbocycles. The second-order valence-electron chi connectivity index (χ2n) is 4.80. The summed E-state index contributed by atoms with van der Waals surface area (Å²) < 4.78 is 0. The van der Waals surface area contributed by atoms with E-state index in [1.807, 2.05) is 31.2 Å². The third kappa shape index (κ3) is 2.88. The zero-order valence-corrected chi connectivity index (χ0v) is 12.2. The van der Waals surface area contributed by atoms with Crippen molar-refractivity contribution >= 4 is 34.1 Å². The molecule has 3 aromatic rings. The van der Waals surface area contributed by atoms with Gasteiger partial charge in [0.2, 0.25) is 0 Å². The number of carbonyl (C=O) groups excluding carboxylic acids is 1. The minimum absolute atomic E-state index is 0.230. The topological polar surface area (TPSA) is 42.0 Å². The molecule has 0 radical (unpaired) electrons. The Labute approximate surface area is 127 Å². The maximum absolute atomic E-state index is 12.3. The van der Waals surface area contributed by atoms with Gasteiger partial charge in [0.1, 0.15) is 5.69 Å². The van der Waals surface area contributed by atoms with Crippen molar-refractivity contribution < 1.29 is 4.79 Å². The van der Waals surface area contributed by atoms with E-state index in [2.05, 4.69) is 10.3 Å². The van der Waals surface area contributed by atoms with E-state index in [1.165, 1.54) is 0 Å². The molecule has 0 atom stereocenters. The minimum Gasteiger partial charge on any atom is -0.321 e. The molecule has 3 nitrogen and oxygen atoms in total. The molecule has 0 saturated heterocycles. The van der Waals surface area contributed by atoms with E-state index in [1.54, 1.807) is 30.3 Å². The first-order valence-corrected chi connectivity index (χ1v) is 6.94. The molecule has 0 aliphatic heterocycles. The first kappa shape index (κ1) is 13.6. The summed E-state index contributed by atoms with van der Waals surface area (Å²) in [6, 6.07) is 16.6. The highest BCUT2D eigenvalue weighted by atomic mass is 35.5. The third-order valence-corrected chi connectivity index (χ3v) is 3.51. The quantitative estimate of drug-likeness (QED) is 0.759. The highest BCUT2D eigenvalue weighted by Gasteiger charge is 2.10. The summed E-state index contributed by atoms with van der Waals surface area (Å²) in [5.74, 6) is -0.230. The van der Waals surface area contributed by atoms with Gasteiger partial charge in [-0.25, -0.2) is 4.98 Å². The molecule has 4 heteroatoms. The van der Waals surface area contributed by atoms with Crippen molar-refractivity contribution in [3.05, 3.63) is 70.9 Å². The Bertz CT molecular complexity index is 813. The monoisotopic (exact) mass is 296 g/mol. The first-order chi connectivity index (χ1) is 10.1. The Morgan fingerprint density at radius 3 is 2.57 bits per heavy atom. The normalized spacial score (nSPS) is 10.6. The summed E-state index contributed by atoms with van der Waals surface area (Å²) in [4.78, 5) is 16.7. The number of benzene rings is 2. The largest absolute Gasteiger partial charge is 0.321 e. The van der Waals surface area contributed by atoms with Crippen molar-refractivity contribution in [2.75, 3.05) is 5.32 Å². The van der Waals surface area contributed by atoms with Gasteiger partial charge in [-0.3, -0.25) is 4.79 Å². The number of rotatable bonds is 2. The average Bonchev–Trinajstić information content (AvgIpc) is 2.49. The number of fused-ring (bicyclic) bond motifs is 1. The van der Waals surface area contributed by atoms with Gasteiger partial charge in [0.05, 0.1) is 5.52 Å². The van der Waals surface area contributed by atoms with Crippen LogP contribution in [0.4, 0.5) is 5.69 Å². The van der Waals surface area contributed by atoms with Gasteiger partial charge in [-0.05, 0) is 48.9 Å². The lowest BCUT2D eigenvalue weighted by molar-refractivity contribution is 0.102. The second-order valence-corrected chi connectivity index (χ2v) is 5.24. The van der Waals surface area contributed by atoms with Crippen molar-refractivity contribution in [2.24, 2.45) is 0 Å². The fourth-order valence-corrected chi connectivity index (χ4v) is 2.32. The zero-order valence-electron chi connectivity index (χ0n) is 11.4. The number of nitrogens with zero attached hydrogens (tertiary/aromatic N) is 1. The molecule has 0 unspecified atom stereocenters. The van der Waals surface area contributed by atoms with E-state index in [-0.39, 0.29) is 5.91 Å². The molecular weight excluding hydrogens is 284 g/mol. The van der Waals surface area contributed by atoms with Crippen LogP contribution >= 0.6 is 11.6 Å². The standard InChI is InChI=1S/C17H13ClN2O/c1-11-10-16(20-15-5-3-2-4-14(11)15)17(21)19-13-8-6-12(18)7-9-13/h2-10H,1H3,(H,19,21). The Morgan fingerprint density at radius 1 is 1.10 bits per heavy atom. The molecule has 1 N–H and O–H groups in total. The van der Waals surface area contributed by atoms with Gasteiger partial charge < -0.3 is 5.32 Å². The molecule has 0 fully saturated rings. The number of nitrogens with one attached hydrogen (secondary N) is 1. The maximum Gasteiger partial charge on any atom is 0.274 e. The van der Waals surface area contributed by atoms with Gasteiger partial charge in [0, 0.05) is 16.1 Å². The fraction of sp³-hybridized carbons (Fsp3) is 0.0588. The van der Waals surface area contributed by atoms with Crippen molar-refractivity contribution in [1.82, 2.24) is 4.98 Å². The predicted octanol–water partition coefficient (Wildman–Crippen LogP) is 4.45. The highest BCUT2D eigenvalue weighted by molar-refractivity contribution is 6.30. The number of para-hydroxylation sites is 1. The van der Waals surface area contributed by atoms with E-state index in [0.717, 1.165) is 16.5 Å². The first-order valence-electron chi connectivity index (χ1n) is 6.57. The Kier molecular flexibility index (Phi) is 3.59. The number of aromatic nitrogens is 1. The fourth-order valence-electron chi connectivity index (χ4n) is 2.19. The number of pyridine rings is 1. The molecule has 0 aliphatic carbocycles. The van der Waals surface area contributed by atoms with Crippen LogP contribution < -0.4 is 5.32 Å². The summed E-state index contributed by atoms with van der Waals surface area (Å²) in [6.07, 6.45) is 0. The van der Waals surface area contributed by atoms with Crippen LogP contribution in [0.1, 0.15) is 16.1 Å². The number of anilines is 1. The molecular formula is C17H13ClN2O. The molecule has 104 valence electrons. The molecule has 3 rings (SSSR count). The van der Waals surface area contributed by atoms with Crippen molar-refractivity contribution in [2.45, 2.75) is 6.92 Å². The molecule has 1 heterocycles. The second kappa shape index (κ2) is 5.54. The number of hydrogen-bond donors (Lipinski definition) is 1. The minimum atomic E-state index is -0.230. The molecule has 0 spiro atoms. The van der Waals surface area contributed by atoms with Gasteiger partial charge in [-0.2, -0.15) is 0 Å². The lowest BCUT2D eigenvalue weighted by atomic mass is 10.1. The van der Waals surface area contributed by atoms with E-state index >= 15 is 0 Å². The Morgan fingerprint density at radius 2 is 1.81 bits per heavy atom. The SMILES string of the molecule is Cc1cc(C(=O)Nc2ccc(Cl)cc2)nc2ccccc12. The summed E-state index contributed by atoms with van der Waals surface area (Å²) >= 11 is 5.83. The third-order valence-electron chi connectivity index (χ3n) is 3.26. The predicted molar refractivity (Wildman–Crippen MR) is 85.9 cm³/mol. The van der Waals surface area contributed by atoms with E-state index < -0.39 is 0 Å². The number of amides is 1. The molecule has 2 aromatic carbocycles. The Balaban J connectivity index is 1.92. The van der Waals surface area contributed by atoms with Crippen LogP contribution in [-0.4, -0.2) is 10.9 Å². The number of halogens is 1. The van der Waals surface area contributed by atoms with Crippen LogP contribution in [0, 0.1) is 6.92 Å². The van der Waals surface area contributed by atoms with Crippen LogP contribution in [0.3, 0.4) is 0 Å². The van der Waals surface area contributed by atoms with Gasteiger partial charge in [-0.15, -0.1) is 0 Å². The van der Waals surface area contributed by atoms with Gasteiger partial charge in [0.25, 0.3) is 5.91 Å². The Hall–Kier alpha value is -2.39. The number of aryl methyl sites for hydroxylation is 1. The summed E-state index contributed by atoms with van der Waals surface area (Å²) in [5, 5.41) is 4.51. The molecule has 1 aromatic heterocycles. The molecule has 21 heavy (non-hydrogen) atoms. The van der Waals surface area contributed by atoms with Crippen LogP contribution in [-0.2, 0) is 0 Å². The molecule has 0 bridgehead atoms. The van der Waals surface area contributed by atoms with Crippen LogP contribution in [0.15, 0.2) is 54.6 Å². The van der Waals surface area contributed by atoms with Gasteiger partial charge >= 0.3 is 0 Å². The number of carbonyl (C=O) groups is 1.